The SMILES string of the molecule is CC.CC1=CC(C)=N/C1=C(/c1ccc(OCCN2C(=O)c3ccccc3C2=O)cc1)c1[nH]c(C)cc1C. The van der Waals surface area contributed by atoms with Gasteiger partial charge in [-0.3, -0.25) is 19.5 Å². The van der Waals surface area contributed by atoms with E-state index >= 15 is 0 Å². The molecule has 5 rings (SSSR count). The minimum atomic E-state index is -0.270. The molecule has 3 heterocycles. The van der Waals surface area contributed by atoms with Crippen molar-refractivity contribution in [2.75, 3.05) is 13.2 Å². The van der Waals surface area contributed by atoms with Gasteiger partial charge in [-0.15, -0.1) is 0 Å². The first-order chi connectivity index (χ1) is 17.8. The van der Waals surface area contributed by atoms with Gasteiger partial charge in [-0.2, -0.15) is 0 Å². The number of hydrogen-bond donors (Lipinski definition) is 1. The summed E-state index contributed by atoms with van der Waals surface area (Å²) in [6.45, 7) is 12.7. The molecule has 0 unspecified atom stereocenters. The highest BCUT2D eigenvalue weighted by Gasteiger charge is 2.34. The van der Waals surface area contributed by atoms with Crippen LogP contribution in [0.3, 0.4) is 0 Å². The number of amides is 2. The highest BCUT2D eigenvalue weighted by atomic mass is 16.5. The van der Waals surface area contributed by atoms with Crippen LogP contribution < -0.4 is 4.74 Å². The van der Waals surface area contributed by atoms with Gasteiger partial charge in [-0.05, 0) is 80.8 Å². The predicted molar refractivity (Wildman–Crippen MR) is 148 cm³/mol. The molecule has 0 saturated carbocycles. The molecular weight excluding hydrogens is 462 g/mol. The zero-order chi connectivity index (χ0) is 26.7. The van der Waals surface area contributed by atoms with E-state index in [9.17, 15) is 9.59 Å². The summed E-state index contributed by atoms with van der Waals surface area (Å²) in [4.78, 5) is 34.6. The second kappa shape index (κ2) is 10.8. The van der Waals surface area contributed by atoms with Crippen LogP contribution in [0.1, 0.15) is 70.9 Å². The Morgan fingerprint density at radius 1 is 0.919 bits per heavy atom. The van der Waals surface area contributed by atoms with Crippen LogP contribution in [0, 0.1) is 13.8 Å². The maximum Gasteiger partial charge on any atom is 0.261 e. The van der Waals surface area contributed by atoms with Crippen LogP contribution in [-0.4, -0.2) is 40.6 Å². The van der Waals surface area contributed by atoms with Gasteiger partial charge < -0.3 is 9.72 Å². The molecule has 0 fully saturated rings. The van der Waals surface area contributed by atoms with Crippen molar-refractivity contribution < 1.29 is 14.3 Å². The summed E-state index contributed by atoms with van der Waals surface area (Å²) in [7, 11) is 0. The van der Waals surface area contributed by atoms with Gasteiger partial charge in [0, 0.05) is 17.0 Å². The zero-order valence-electron chi connectivity index (χ0n) is 22.3. The van der Waals surface area contributed by atoms with Crippen molar-refractivity contribution in [2.45, 2.75) is 41.5 Å². The summed E-state index contributed by atoms with van der Waals surface area (Å²) in [5.74, 6) is 0.133. The maximum atomic E-state index is 12.5. The molecule has 37 heavy (non-hydrogen) atoms. The van der Waals surface area contributed by atoms with Gasteiger partial charge in [-0.1, -0.05) is 38.1 Å². The van der Waals surface area contributed by atoms with Gasteiger partial charge in [-0.25, -0.2) is 0 Å². The molecule has 0 aliphatic carbocycles. The fraction of sp³-hybridized carbons (Fsp3) is 0.258. The second-order valence-corrected chi connectivity index (χ2v) is 8.99. The standard InChI is InChI=1S/C29H27N3O3.C2H6/c1-17-15-19(3)30-26(17)25(27-18(2)16-20(4)31-27)21-9-11-22(12-10-21)35-14-13-32-28(33)23-7-5-6-8-24(23)29(32)34;1-2/h5-12,15-16,30H,13-14H2,1-4H3;1-2H3/b27-25-;. The van der Waals surface area contributed by atoms with E-state index in [0.717, 1.165) is 39.5 Å². The molecule has 190 valence electrons. The van der Waals surface area contributed by atoms with Crippen LogP contribution in [-0.2, 0) is 0 Å². The van der Waals surface area contributed by atoms with E-state index in [1.54, 1.807) is 24.3 Å². The molecule has 6 nitrogen and oxygen atoms in total. The number of nitrogens with one attached hydrogen (secondary N) is 1. The van der Waals surface area contributed by atoms with Crippen molar-refractivity contribution in [3.05, 3.63) is 106 Å². The average molecular weight is 496 g/mol. The number of aromatic nitrogens is 1. The molecule has 1 N–H and O–H groups in total. The van der Waals surface area contributed by atoms with Crippen molar-refractivity contribution in [1.29, 1.82) is 0 Å². The lowest BCUT2D eigenvalue weighted by Crippen LogP contribution is -2.33. The molecule has 2 aliphatic heterocycles. The van der Waals surface area contributed by atoms with E-state index in [0.29, 0.717) is 16.9 Å². The smallest absolute Gasteiger partial charge is 0.261 e. The van der Waals surface area contributed by atoms with E-state index < -0.39 is 0 Å². The number of carbonyl (C=O) groups excluding carboxylic acids is 2. The number of aromatic amines is 1. The van der Waals surface area contributed by atoms with Gasteiger partial charge in [0.05, 0.1) is 29.1 Å². The zero-order valence-corrected chi connectivity index (χ0v) is 22.3. The van der Waals surface area contributed by atoms with Crippen LogP contribution >= 0.6 is 0 Å². The number of H-pyrrole nitrogens is 1. The molecule has 2 amide bonds. The number of fused-ring (bicyclic) bond motifs is 1. The van der Waals surface area contributed by atoms with Gasteiger partial charge in [0.15, 0.2) is 0 Å². The second-order valence-electron chi connectivity index (χ2n) is 8.99. The number of aryl methyl sites for hydroxylation is 2. The number of aliphatic imine (C=N–C) groups is 1. The van der Waals surface area contributed by atoms with Crippen LogP contribution in [0.2, 0.25) is 0 Å². The Kier molecular flexibility index (Phi) is 7.58. The Bertz CT molecular complexity index is 1400. The first kappa shape index (κ1) is 25.9. The molecule has 0 atom stereocenters. The van der Waals surface area contributed by atoms with Crippen molar-refractivity contribution in [1.82, 2.24) is 9.88 Å². The predicted octanol–water partition coefficient (Wildman–Crippen LogP) is 6.51. The molecule has 0 bridgehead atoms. The lowest BCUT2D eigenvalue weighted by atomic mass is 9.96. The average Bonchev–Trinajstić information content (AvgIpc) is 3.49. The third-order valence-corrected chi connectivity index (χ3v) is 6.33. The van der Waals surface area contributed by atoms with E-state index in [4.69, 9.17) is 9.73 Å². The van der Waals surface area contributed by atoms with Crippen LogP contribution in [0.4, 0.5) is 0 Å². The summed E-state index contributed by atoms with van der Waals surface area (Å²) in [5.41, 5.74) is 9.40. The highest BCUT2D eigenvalue weighted by Crippen LogP contribution is 2.35. The monoisotopic (exact) mass is 495 g/mol. The van der Waals surface area contributed by atoms with Gasteiger partial charge in [0.1, 0.15) is 12.4 Å². The molecule has 0 saturated heterocycles. The molecule has 2 aromatic carbocycles. The van der Waals surface area contributed by atoms with Crippen molar-refractivity contribution >= 4 is 23.1 Å². The molecule has 2 aliphatic rings. The number of benzene rings is 2. The van der Waals surface area contributed by atoms with Crippen molar-refractivity contribution in [2.24, 2.45) is 4.99 Å². The maximum absolute atomic E-state index is 12.5. The fourth-order valence-electron chi connectivity index (χ4n) is 4.73. The van der Waals surface area contributed by atoms with E-state index in [-0.39, 0.29) is 25.0 Å². The summed E-state index contributed by atoms with van der Waals surface area (Å²) in [5, 5.41) is 0. The minimum absolute atomic E-state index is 0.197. The molecule has 3 aromatic rings. The number of carbonyl (C=O) groups is 2. The van der Waals surface area contributed by atoms with Crippen molar-refractivity contribution in [3.63, 3.8) is 0 Å². The number of hydrogen-bond acceptors (Lipinski definition) is 4. The molecular formula is C31H33N3O3. The molecule has 6 heteroatoms. The Balaban J connectivity index is 0.00000156. The van der Waals surface area contributed by atoms with E-state index in [1.165, 1.54) is 10.5 Å². The number of ether oxygens (including phenoxy) is 1. The van der Waals surface area contributed by atoms with Gasteiger partial charge in [0.25, 0.3) is 11.8 Å². The fourth-order valence-corrected chi connectivity index (χ4v) is 4.73. The third-order valence-electron chi connectivity index (χ3n) is 6.33. The van der Waals surface area contributed by atoms with Crippen LogP contribution in [0.5, 0.6) is 5.75 Å². The summed E-state index contributed by atoms with van der Waals surface area (Å²) in [6, 6.07) is 16.9. The number of rotatable bonds is 6. The molecule has 0 spiro atoms. The minimum Gasteiger partial charge on any atom is -0.492 e. The Morgan fingerprint density at radius 3 is 2.05 bits per heavy atom. The highest BCUT2D eigenvalue weighted by molar-refractivity contribution is 6.21. The van der Waals surface area contributed by atoms with Crippen LogP contribution in [0.15, 0.2) is 76.9 Å². The summed E-state index contributed by atoms with van der Waals surface area (Å²) < 4.78 is 5.89. The van der Waals surface area contributed by atoms with E-state index in [2.05, 4.69) is 37.9 Å². The van der Waals surface area contributed by atoms with E-state index in [1.807, 2.05) is 45.0 Å². The normalized spacial score (nSPS) is 15.7. The molecule has 1 aromatic heterocycles. The Morgan fingerprint density at radius 2 is 1.54 bits per heavy atom. The number of imide groups is 1. The van der Waals surface area contributed by atoms with Crippen LogP contribution in [0.25, 0.3) is 5.57 Å². The summed E-state index contributed by atoms with van der Waals surface area (Å²) >= 11 is 0. The summed E-state index contributed by atoms with van der Waals surface area (Å²) in [6.07, 6.45) is 2.09. The third kappa shape index (κ3) is 5.05. The van der Waals surface area contributed by atoms with Crippen molar-refractivity contribution in [3.8, 4) is 5.75 Å². The first-order valence-electron chi connectivity index (χ1n) is 12.7. The van der Waals surface area contributed by atoms with Gasteiger partial charge >= 0.3 is 0 Å². The number of allylic oxidation sites excluding steroid dienone is 2. The topological polar surface area (TPSA) is 74.8 Å². The van der Waals surface area contributed by atoms with Gasteiger partial charge in [0.2, 0.25) is 0 Å². The lowest BCUT2D eigenvalue weighted by molar-refractivity contribution is 0.0631. The number of nitrogens with zero attached hydrogens (tertiary/aromatic N) is 2. The molecule has 0 radical (unpaired) electrons. The Labute approximate surface area is 218 Å². The Hall–Kier alpha value is -4.19. The largest absolute Gasteiger partial charge is 0.492 e. The lowest BCUT2D eigenvalue weighted by Gasteiger charge is -2.15. The quantitative estimate of drug-likeness (QED) is 0.396. The first-order valence-corrected chi connectivity index (χ1v) is 12.7.